The molecule has 0 aliphatic heterocycles. The SMILES string of the molecule is C[n+]1ccn(CC(C)(Cn2cc[n+](C)c2)c2ccccn2)c1. The van der Waals surface area contributed by atoms with Crippen LogP contribution < -0.4 is 9.13 Å². The largest absolute Gasteiger partial charge is 0.260 e. The van der Waals surface area contributed by atoms with Gasteiger partial charge in [0.2, 0.25) is 12.7 Å². The molecule has 0 N–H and O–H groups in total. The first-order valence-corrected chi connectivity index (χ1v) is 7.49. The molecule has 3 aromatic rings. The Bertz CT molecular complexity index is 699. The molecule has 3 heterocycles. The van der Waals surface area contributed by atoms with Gasteiger partial charge in [0, 0.05) is 6.20 Å². The van der Waals surface area contributed by atoms with Crippen molar-refractivity contribution in [3.8, 4) is 0 Å². The second kappa shape index (κ2) is 5.75. The van der Waals surface area contributed by atoms with Gasteiger partial charge in [-0.15, -0.1) is 0 Å². The topological polar surface area (TPSA) is 30.5 Å². The maximum atomic E-state index is 4.62. The molecule has 0 radical (unpaired) electrons. The molecule has 5 heteroatoms. The Kier molecular flexibility index (Phi) is 3.79. The number of aromatic nitrogens is 5. The minimum absolute atomic E-state index is 0.0840. The van der Waals surface area contributed by atoms with Gasteiger partial charge in [-0.25, -0.2) is 18.3 Å². The van der Waals surface area contributed by atoms with E-state index in [0.29, 0.717) is 0 Å². The molecule has 0 saturated carbocycles. The summed E-state index contributed by atoms with van der Waals surface area (Å²) in [6.45, 7) is 4.04. The van der Waals surface area contributed by atoms with Crippen LogP contribution in [0.15, 0.2) is 61.8 Å². The molecule has 0 fully saturated rings. The molecule has 0 aromatic carbocycles. The van der Waals surface area contributed by atoms with Crippen LogP contribution in [0.1, 0.15) is 12.6 Å². The molecule has 3 aromatic heterocycles. The van der Waals surface area contributed by atoms with Crippen LogP contribution in [-0.2, 0) is 32.6 Å². The van der Waals surface area contributed by atoms with Gasteiger partial charge in [0.05, 0.1) is 25.2 Å². The van der Waals surface area contributed by atoms with Crippen LogP contribution in [0.2, 0.25) is 0 Å². The zero-order valence-electron chi connectivity index (χ0n) is 13.4. The van der Waals surface area contributed by atoms with Crippen molar-refractivity contribution < 1.29 is 9.13 Å². The van der Waals surface area contributed by atoms with E-state index in [1.807, 2.05) is 26.4 Å². The highest BCUT2D eigenvalue weighted by molar-refractivity contribution is 5.15. The maximum absolute atomic E-state index is 4.62. The van der Waals surface area contributed by atoms with Crippen LogP contribution >= 0.6 is 0 Å². The molecule has 0 bridgehead atoms. The standard InChI is InChI=1S/C17H23N5/c1-17(16-6-4-5-7-18-16,12-21-10-8-19(2)14-21)13-22-11-9-20(3)15-22/h4-11,14-15H,12-13H2,1-3H3/q+2. The number of imidazole rings is 2. The van der Waals surface area contributed by atoms with E-state index in [1.54, 1.807) is 0 Å². The number of pyridine rings is 1. The highest BCUT2D eigenvalue weighted by atomic mass is 15.1. The molecule has 5 nitrogen and oxygen atoms in total. The van der Waals surface area contributed by atoms with E-state index >= 15 is 0 Å². The predicted octanol–water partition coefficient (Wildman–Crippen LogP) is 0.992. The number of aryl methyl sites for hydroxylation is 2. The van der Waals surface area contributed by atoms with E-state index in [2.05, 4.69) is 79.8 Å². The molecule has 3 rings (SSSR count). The van der Waals surface area contributed by atoms with Crippen molar-refractivity contribution in [1.29, 1.82) is 0 Å². The number of hydrogen-bond acceptors (Lipinski definition) is 1. The van der Waals surface area contributed by atoms with Crippen molar-refractivity contribution in [2.24, 2.45) is 14.1 Å². The lowest BCUT2D eigenvalue weighted by Crippen LogP contribution is -2.35. The highest BCUT2D eigenvalue weighted by Crippen LogP contribution is 2.26. The van der Waals surface area contributed by atoms with Crippen molar-refractivity contribution in [1.82, 2.24) is 14.1 Å². The Morgan fingerprint density at radius 3 is 2.00 bits per heavy atom. The Morgan fingerprint density at radius 1 is 1.00 bits per heavy atom. The van der Waals surface area contributed by atoms with Crippen molar-refractivity contribution >= 4 is 0 Å². The van der Waals surface area contributed by atoms with E-state index in [1.165, 1.54) is 0 Å². The highest BCUT2D eigenvalue weighted by Gasteiger charge is 2.34. The lowest BCUT2D eigenvalue weighted by atomic mass is 9.85. The molecule has 0 aliphatic carbocycles. The molecule has 0 saturated heterocycles. The number of nitrogens with zero attached hydrogens (tertiary/aromatic N) is 5. The quantitative estimate of drug-likeness (QED) is 0.646. The van der Waals surface area contributed by atoms with Gasteiger partial charge in [0.25, 0.3) is 0 Å². The molecule has 0 atom stereocenters. The van der Waals surface area contributed by atoms with Gasteiger partial charge < -0.3 is 0 Å². The third-order valence-electron chi connectivity index (χ3n) is 3.99. The molecule has 0 amide bonds. The zero-order valence-corrected chi connectivity index (χ0v) is 13.4. The van der Waals surface area contributed by atoms with Gasteiger partial charge in [0.15, 0.2) is 0 Å². The first kappa shape index (κ1) is 14.5. The van der Waals surface area contributed by atoms with E-state index in [4.69, 9.17) is 0 Å². The summed E-state index contributed by atoms with van der Waals surface area (Å²) >= 11 is 0. The van der Waals surface area contributed by atoms with Crippen LogP contribution in [0, 0.1) is 0 Å². The summed E-state index contributed by atoms with van der Waals surface area (Å²) in [6, 6.07) is 6.15. The van der Waals surface area contributed by atoms with Crippen LogP contribution in [0.25, 0.3) is 0 Å². The fraction of sp³-hybridized carbons (Fsp3) is 0.353. The summed E-state index contributed by atoms with van der Waals surface area (Å²) < 4.78 is 8.57. The Labute approximate surface area is 131 Å². The lowest BCUT2D eigenvalue weighted by molar-refractivity contribution is -0.671. The summed E-state index contributed by atoms with van der Waals surface area (Å²) in [6.07, 6.45) is 14.4. The van der Waals surface area contributed by atoms with Crippen LogP contribution in [0.4, 0.5) is 0 Å². The van der Waals surface area contributed by atoms with E-state index in [9.17, 15) is 0 Å². The van der Waals surface area contributed by atoms with E-state index < -0.39 is 0 Å². The summed E-state index contributed by atoms with van der Waals surface area (Å²) in [5.41, 5.74) is 1.03. The number of rotatable bonds is 5. The molecule has 0 spiro atoms. The molecule has 114 valence electrons. The zero-order chi connectivity index (χ0) is 15.6. The van der Waals surface area contributed by atoms with Crippen molar-refractivity contribution in [2.45, 2.75) is 25.4 Å². The van der Waals surface area contributed by atoms with Crippen molar-refractivity contribution in [2.75, 3.05) is 0 Å². The second-order valence-electron chi connectivity index (χ2n) is 6.28. The monoisotopic (exact) mass is 297 g/mol. The van der Waals surface area contributed by atoms with Crippen molar-refractivity contribution in [3.05, 3.63) is 67.5 Å². The van der Waals surface area contributed by atoms with Gasteiger partial charge in [-0.05, 0) is 19.1 Å². The van der Waals surface area contributed by atoms with E-state index in [0.717, 1.165) is 18.8 Å². The van der Waals surface area contributed by atoms with Gasteiger partial charge >= 0.3 is 0 Å². The van der Waals surface area contributed by atoms with Gasteiger partial charge in [-0.3, -0.25) is 4.98 Å². The average Bonchev–Trinajstić information content (AvgIpc) is 3.08. The summed E-state index contributed by atoms with van der Waals surface area (Å²) in [4.78, 5) is 4.62. The number of hydrogen-bond donors (Lipinski definition) is 0. The molecule has 0 unspecified atom stereocenters. The molecule has 0 aliphatic rings. The predicted molar refractivity (Wildman–Crippen MR) is 82.8 cm³/mol. The molecular weight excluding hydrogens is 274 g/mol. The summed E-state index contributed by atoms with van der Waals surface area (Å²) in [5, 5.41) is 0. The minimum Gasteiger partial charge on any atom is -0.260 e. The molecular formula is C17H23N5+2. The third kappa shape index (κ3) is 3.08. The first-order valence-electron chi connectivity index (χ1n) is 7.49. The minimum atomic E-state index is -0.0840. The smallest absolute Gasteiger partial charge is 0.243 e. The Morgan fingerprint density at radius 2 is 1.59 bits per heavy atom. The van der Waals surface area contributed by atoms with Crippen molar-refractivity contribution in [3.63, 3.8) is 0 Å². The fourth-order valence-electron chi connectivity index (χ4n) is 2.93. The van der Waals surface area contributed by atoms with Gasteiger partial charge in [-0.2, -0.15) is 0 Å². The Hall–Kier alpha value is -2.43. The second-order valence-corrected chi connectivity index (χ2v) is 6.28. The summed E-state index contributed by atoms with van der Waals surface area (Å²) in [5.74, 6) is 0. The van der Waals surface area contributed by atoms with Gasteiger partial charge in [-0.1, -0.05) is 6.07 Å². The van der Waals surface area contributed by atoms with Crippen LogP contribution in [-0.4, -0.2) is 14.1 Å². The normalized spacial score (nSPS) is 11.8. The molecule has 22 heavy (non-hydrogen) atoms. The lowest BCUT2D eigenvalue weighted by Gasteiger charge is -2.25. The average molecular weight is 297 g/mol. The van der Waals surface area contributed by atoms with Crippen LogP contribution in [0.3, 0.4) is 0 Å². The van der Waals surface area contributed by atoms with Crippen LogP contribution in [0.5, 0.6) is 0 Å². The maximum Gasteiger partial charge on any atom is 0.243 e. The van der Waals surface area contributed by atoms with Gasteiger partial charge in [0.1, 0.15) is 37.9 Å². The third-order valence-corrected chi connectivity index (χ3v) is 3.99. The first-order chi connectivity index (χ1) is 10.5. The summed E-state index contributed by atoms with van der Waals surface area (Å²) in [7, 11) is 4.08. The van der Waals surface area contributed by atoms with E-state index in [-0.39, 0.29) is 5.41 Å². The Balaban J connectivity index is 1.94. The fourth-order valence-corrected chi connectivity index (χ4v) is 2.93.